The van der Waals surface area contributed by atoms with Gasteiger partial charge >= 0.3 is 59.7 Å². The number of carbonyl (C=O) groups is 20. The first-order valence-corrected chi connectivity index (χ1v) is 45.5. The number of nitrogens with one attached hydrogen (secondary N) is 10. The molecule has 11 N–H and O–H groups in total. The van der Waals surface area contributed by atoms with Crippen molar-refractivity contribution in [1.82, 2.24) is 53.2 Å². The normalized spacial score (nSPS) is 21.5. The van der Waals surface area contributed by atoms with E-state index < -0.39 is 238 Å². The lowest BCUT2D eigenvalue weighted by Crippen LogP contribution is -2.66. The first kappa shape index (κ1) is 119. The Hall–Kier alpha value is -11.0. The number of unbranched alkanes of at least 4 members (excludes halogenated alkanes) is 9. The predicted octanol–water partition coefficient (Wildman–Crippen LogP) is -1.12. The molecular formula is C87H140N10O39. The number of carboxylic acid groups (broad SMARTS) is 1. The van der Waals surface area contributed by atoms with Gasteiger partial charge in [-0.15, -0.1) is 0 Å². The van der Waals surface area contributed by atoms with Gasteiger partial charge in [0.15, 0.2) is 55.5 Å². The van der Waals surface area contributed by atoms with Crippen molar-refractivity contribution < 1.29 is 186 Å². The van der Waals surface area contributed by atoms with Gasteiger partial charge in [0.2, 0.25) is 59.1 Å². The van der Waals surface area contributed by atoms with Gasteiger partial charge < -0.3 is 144 Å². The van der Waals surface area contributed by atoms with E-state index in [1.165, 1.54) is 20.8 Å². The molecule has 3 heterocycles. The third kappa shape index (κ3) is 52.9. The molecule has 0 aromatic carbocycles. The van der Waals surface area contributed by atoms with Crippen molar-refractivity contribution >= 4 is 119 Å². The van der Waals surface area contributed by atoms with Crippen LogP contribution in [0, 0.1) is 0 Å². The fourth-order valence-corrected chi connectivity index (χ4v) is 14.1. The molecule has 3 aliphatic rings. The highest BCUT2D eigenvalue weighted by Gasteiger charge is 2.55. The maximum atomic E-state index is 13.6. The Kier molecular flexibility index (Phi) is 59.0. The van der Waals surface area contributed by atoms with Gasteiger partial charge in [-0.05, 0) is 44.9 Å². The molecule has 15 atom stereocenters. The zero-order valence-electron chi connectivity index (χ0n) is 79.7. The highest BCUT2D eigenvalue weighted by Crippen LogP contribution is 2.32. The van der Waals surface area contributed by atoms with Crippen LogP contribution in [0.15, 0.2) is 0 Å². The van der Waals surface area contributed by atoms with E-state index >= 15 is 0 Å². The Morgan fingerprint density at radius 3 is 0.765 bits per heavy atom. The molecule has 0 saturated carbocycles. The van der Waals surface area contributed by atoms with Gasteiger partial charge in [0.25, 0.3) is 0 Å². The van der Waals surface area contributed by atoms with E-state index in [1.54, 1.807) is 0 Å². The van der Waals surface area contributed by atoms with E-state index in [-0.39, 0.29) is 135 Å². The largest absolute Gasteiger partial charge is 0.481 e. The number of ether oxygens (including phenoxy) is 18. The van der Waals surface area contributed by atoms with Crippen LogP contribution in [0.25, 0.3) is 0 Å². The number of rotatable bonds is 68. The van der Waals surface area contributed by atoms with Crippen molar-refractivity contribution in [3.8, 4) is 0 Å². The molecule has 4 unspecified atom stereocenters. The van der Waals surface area contributed by atoms with Gasteiger partial charge in [-0.25, -0.2) is 0 Å². The van der Waals surface area contributed by atoms with Gasteiger partial charge in [-0.3, -0.25) is 95.9 Å². The number of carbonyl (C=O) groups excluding carboxylic acids is 19. The van der Waals surface area contributed by atoms with Gasteiger partial charge in [0, 0.05) is 194 Å². The van der Waals surface area contributed by atoms with Crippen LogP contribution < -0.4 is 53.2 Å². The van der Waals surface area contributed by atoms with Crippen molar-refractivity contribution in [2.45, 2.75) is 315 Å². The second kappa shape index (κ2) is 67.3. The minimum Gasteiger partial charge on any atom is -0.481 e. The number of hydrogen-bond acceptors (Lipinski definition) is 38. The van der Waals surface area contributed by atoms with Crippen LogP contribution in [0.4, 0.5) is 0 Å². The minimum absolute atomic E-state index is 0.0568. The average molecular weight is 1950 g/mol. The molecule has 0 spiro atoms. The summed E-state index contributed by atoms with van der Waals surface area (Å²) in [5.41, 5.74) is -1.61. The number of carboxylic acids is 1. The van der Waals surface area contributed by atoms with Crippen LogP contribution >= 0.6 is 0 Å². The third-order valence-corrected chi connectivity index (χ3v) is 20.0. The summed E-state index contributed by atoms with van der Waals surface area (Å²) in [6.45, 7) is 11.7. The fourth-order valence-electron chi connectivity index (χ4n) is 14.1. The first-order chi connectivity index (χ1) is 64.6. The molecule has 49 nitrogen and oxygen atoms in total. The molecule has 0 aromatic heterocycles. The molecule has 0 aromatic rings. The van der Waals surface area contributed by atoms with Gasteiger partial charge in [0.05, 0.1) is 39.6 Å². The van der Waals surface area contributed by atoms with Crippen molar-refractivity contribution in [2.24, 2.45) is 0 Å². The predicted molar refractivity (Wildman–Crippen MR) is 466 cm³/mol. The van der Waals surface area contributed by atoms with Crippen LogP contribution in [0.3, 0.4) is 0 Å². The molecule has 10 amide bonds. The average Bonchev–Trinajstić information content (AvgIpc) is 0.793. The van der Waals surface area contributed by atoms with E-state index in [2.05, 4.69) is 53.2 Å². The van der Waals surface area contributed by atoms with E-state index in [0.29, 0.717) is 96.7 Å². The number of esters is 9. The van der Waals surface area contributed by atoms with E-state index in [1.807, 2.05) is 0 Å². The lowest BCUT2D eigenvalue weighted by molar-refractivity contribution is -0.277. The number of amides is 10. The molecule has 136 heavy (non-hydrogen) atoms. The Morgan fingerprint density at radius 2 is 0.515 bits per heavy atom. The topological polar surface area (TPSA) is 648 Å². The molecule has 0 bridgehead atoms. The Balaban J connectivity index is 1.59. The molecule has 772 valence electrons. The standard InChI is InChI=1S/C87H140N10O39/c1-52(98)94-75-81(131-61(10)107)78(128-58(7)104)64(46-125-55(4)101)134-84(75)122-40-22-16-13-19-34-88-67(110)28-37-91-70(113)31-43-119-49-87(97-73(116)26-25-27-74(117)118,50-120-44-32-71(114)92-38-29-68(111)89-35-20-14-17-23-41-123-85-76(95-53(2)99)82(132-62(11)108)79(129-59(8)105)65(135-85)47-126-56(5)102)51-121-45-33-72(115)93-39-30-69(112)90-36-21-15-18-24-42-124-86-77(96-54(3)100)83(133-63(12)109)80(130-60(9)106)66(136-86)48-127-57(6)103/h64-66,75-86H,13-51H2,1-12H3,(H,88,110)(H,89,111)(H,90,112)(H,91,113)(H,92,114)(H,93,115)(H,94,98)(H,95,99)(H,96,100)(H,97,116)(H,117,118)/t64-,65-,66-,75-,76-,77-,78?,79?,80?,81+,82+,83+,84-,85-,86?,87?/m1/s1. The van der Waals surface area contributed by atoms with Crippen molar-refractivity contribution in [3.05, 3.63) is 0 Å². The summed E-state index contributed by atoms with van der Waals surface area (Å²) < 4.78 is 102. The lowest BCUT2D eigenvalue weighted by atomic mass is 9.96. The molecule has 0 radical (unpaired) electrons. The second-order valence-electron chi connectivity index (χ2n) is 32.3. The van der Waals surface area contributed by atoms with Gasteiger partial charge in [0.1, 0.15) is 61.8 Å². The maximum absolute atomic E-state index is 13.6. The maximum Gasteiger partial charge on any atom is 0.303 e. The summed E-state index contributed by atoms with van der Waals surface area (Å²) in [7, 11) is 0. The van der Waals surface area contributed by atoms with Crippen LogP contribution in [0.5, 0.6) is 0 Å². The van der Waals surface area contributed by atoms with E-state index in [9.17, 15) is 101 Å². The number of aliphatic carboxylic acids is 1. The van der Waals surface area contributed by atoms with Crippen molar-refractivity contribution in [2.75, 3.05) is 119 Å². The molecular weight excluding hydrogens is 1810 g/mol. The molecule has 3 rings (SSSR count). The fraction of sp³-hybridized carbons (Fsp3) is 0.770. The summed E-state index contributed by atoms with van der Waals surface area (Å²) in [5, 5.41) is 36.4. The summed E-state index contributed by atoms with van der Waals surface area (Å²) in [6.07, 6.45) is -9.71. The Morgan fingerprint density at radius 1 is 0.265 bits per heavy atom. The summed E-state index contributed by atoms with van der Waals surface area (Å²) in [5.74, 6) is -12.6. The molecule has 3 fully saturated rings. The highest BCUT2D eigenvalue weighted by molar-refractivity contribution is 5.82. The van der Waals surface area contributed by atoms with E-state index in [4.69, 9.17) is 85.3 Å². The van der Waals surface area contributed by atoms with E-state index in [0.717, 1.165) is 62.3 Å². The van der Waals surface area contributed by atoms with Crippen LogP contribution in [-0.2, 0) is 181 Å². The summed E-state index contributed by atoms with van der Waals surface area (Å²) >= 11 is 0. The zero-order chi connectivity index (χ0) is 101. The smallest absolute Gasteiger partial charge is 0.303 e. The molecule has 3 aliphatic heterocycles. The van der Waals surface area contributed by atoms with Gasteiger partial charge in [-0.1, -0.05) is 38.5 Å². The van der Waals surface area contributed by atoms with Crippen LogP contribution in [0.2, 0.25) is 0 Å². The zero-order valence-corrected chi connectivity index (χ0v) is 79.7. The summed E-state index contributed by atoms with van der Waals surface area (Å²) in [6, 6.07) is -3.40. The summed E-state index contributed by atoms with van der Waals surface area (Å²) in [4.78, 5) is 248. The number of hydrogen-bond donors (Lipinski definition) is 11. The van der Waals surface area contributed by atoms with Gasteiger partial charge in [-0.2, -0.15) is 0 Å². The second-order valence-corrected chi connectivity index (χ2v) is 32.3. The Labute approximate surface area is 789 Å². The highest BCUT2D eigenvalue weighted by atomic mass is 16.7. The first-order valence-electron chi connectivity index (χ1n) is 45.5. The quantitative estimate of drug-likeness (QED) is 0.0195. The molecule has 0 aliphatic carbocycles. The Bertz CT molecular complexity index is 3490. The van der Waals surface area contributed by atoms with Crippen molar-refractivity contribution in [3.63, 3.8) is 0 Å². The molecule has 49 heteroatoms. The minimum atomic E-state index is -1.61. The SMILES string of the molecule is CC(=O)N[C@H]1[C@H](OCCCCCCNC(=O)CCNC(=O)CCOCC(COCCC(=O)NCCC(=O)NCCCCCCOC2O[C@H](COC(C)=O)C(OC(C)=O)[C@@H](OC(C)=O)[C@H]2NC(C)=O)(COCCC(=O)NCCC(=O)NCCCCCCO[C@@H]2O[C@H](COC(C)=O)C(OC(C)=O)[C@@H](OC(C)=O)[C@H]2NC(C)=O)NC(=O)CCCC(=O)O)O[C@H](COC(C)=O)C(OC(C)=O)[C@H]1OC(C)=O. The monoisotopic (exact) mass is 1950 g/mol. The lowest BCUT2D eigenvalue weighted by Gasteiger charge is -2.44. The van der Waals surface area contributed by atoms with Crippen molar-refractivity contribution in [1.29, 1.82) is 0 Å². The van der Waals surface area contributed by atoms with Crippen LogP contribution in [0.1, 0.15) is 218 Å². The molecule has 3 saturated heterocycles. The van der Waals surface area contributed by atoms with Crippen LogP contribution in [-0.4, -0.2) is 340 Å². The third-order valence-electron chi connectivity index (χ3n) is 20.0.